The van der Waals surface area contributed by atoms with Gasteiger partial charge in [0, 0.05) is 23.6 Å². The Morgan fingerprint density at radius 1 is 1.40 bits per heavy atom. The van der Waals surface area contributed by atoms with Gasteiger partial charge in [-0.15, -0.1) is 0 Å². The number of nitrogens with one attached hydrogen (secondary N) is 1. The number of urea groups is 1. The summed E-state index contributed by atoms with van der Waals surface area (Å²) in [5.74, 6) is -1.22. The van der Waals surface area contributed by atoms with Crippen LogP contribution in [-0.2, 0) is 9.59 Å². The van der Waals surface area contributed by atoms with Gasteiger partial charge < -0.3 is 21.1 Å². The zero-order valence-electron chi connectivity index (χ0n) is 11.7. The first-order valence-corrected chi connectivity index (χ1v) is 7.40. The molecule has 1 aliphatic heterocycles. The Morgan fingerprint density at radius 3 is 2.60 bits per heavy atom. The van der Waals surface area contributed by atoms with Crippen molar-refractivity contribution in [2.45, 2.75) is 37.5 Å². The van der Waals surface area contributed by atoms with Crippen LogP contribution in [-0.4, -0.2) is 57.5 Å². The smallest absolute Gasteiger partial charge is 0.326 e. The van der Waals surface area contributed by atoms with Gasteiger partial charge in [0.2, 0.25) is 5.91 Å². The van der Waals surface area contributed by atoms with Crippen molar-refractivity contribution in [2.24, 2.45) is 5.73 Å². The molecule has 0 aliphatic carbocycles. The van der Waals surface area contributed by atoms with Gasteiger partial charge in [0.1, 0.15) is 6.04 Å². The molecule has 1 rings (SSSR count). The largest absolute Gasteiger partial charge is 0.480 e. The van der Waals surface area contributed by atoms with Crippen molar-refractivity contribution in [3.05, 3.63) is 0 Å². The molecule has 1 saturated heterocycles. The topological polar surface area (TPSA) is 113 Å². The summed E-state index contributed by atoms with van der Waals surface area (Å²) in [6, 6.07) is -1.74. The van der Waals surface area contributed by atoms with E-state index in [0.29, 0.717) is 13.1 Å². The van der Waals surface area contributed by atoms with Gasteiger partial charge in [0.25, 0.3) is 0 Å². The third kappa shape index (κ3) is 5.28. The van der Waals surface area contributed by atoms with Crippen LogP contribution in [0, 0.1) is 0 Å². The van der Waals surface area contributed by atoms with Crippen molar-refractivity contribution in [2.75, 3.05) is 18.8 Å². The molecule has 1 heterocycles. The third-order valence-corrected chi connectivity index (χ3v) is 4.50. The Labute approximate surface area is 122 Å². The highest BCUT2D eigenvalue weighted by Gasteiger charge is 2.28. The standard InChI is InChI=1S/C12H21N3O4S/c1-12(2)3-4-15(5-6-20-12)11(19)14-8(10(17)18)7-9(13)16/h8H,3-7H2,1-2H3,(H2,13,16)(H,14,19)(H,17,18). The van der Waals surface area contributed by atoms with Crippen molar-refractivity contribution >= 4 is 29.7 Å². The normalized spacial score (nSPS) is 19.8. The second-order valence-corrected chi connectivity index (χ2v) is 7.16. The van der Waals surface area contributed by atoms with E-state index in [1.165, 1.54) is 0 Å². The molecule has 1 unspecified atom stereocenters. The van der Waals surface area contributed by atoms with Gasteiger partial charge in [-0.05, 0) is 6.42 Å². The molecule has 3 amide bonds. The van der Waals surface area contributed by atoms with Crippen molar-refractivity contribution in [1.82, 2.24) is 10.2 Å². The number of nitrogens with zero attached hydrogens (tertiary/aromatic N) is 1. The summed E-state index contributed by atoms with van der Waals surface area (Å²) in [5.41, 5.74) is 4.98. The highest BCUT2D eigenvalue weighted by molar-refractivity contribution is 8.00. The average Bonchev–Trinajstić information content (AvgIpc) is 2.48. The van der Waals surface area contributed by atoms with E-state index in [-0.39, 0.29) is 4.75 Å². The maximum atomic E-state index is 12.0. The minimum Gasteiger partial charge on any atom is -0.480 e. The molecule has 1 atom stereocenters. The Morgan fingerprint density at radius 2 is 2.05 bits per heavy atom. The summed E-state index contributed by atoms with van der Waals surface area (Å²) in [7, 11) is 0. The molecular formula is C12H21N3O4S. The van der Waals surface area contributed by atoms with Gasteiger partial charge in [-0.25, -0.2) is 9.59 Å². The molecule has 0 spiro atoms. The Kier molecular flexibility index (Phi) is 5.67. The molecule has 8 heteroatoms. The molecule has 0 aromatic rings. The van der Waals surface area contributed by atoms with Crippen LogP contribution in [0.5, 0.6) is 0 Å². The van der Waals surface area contributed by atoms with Crippen LogP contribution >= 0.6 is 11.8 Å². The maximum Gasteiger partial charge on any atom is 0.326 e. The third-order valence-electron chi connectivity index (χ3n) is 3.13. The van der Waals surface area contributed by atoms with Gasteiger partial charge in [-0.2, -0.15) is 11.8 Å². The summed E-state index contributed by atoms with van der Waals surface area (Å²) >= 11 is 1.79. The van der Waals surface area contributed by atoms with E-state index in [0.717, 1.165) is 12.2 Å². The lowest BCUT2D eigenvalue weighted by Crippen LogP contribution is -2.49. The number of primary amides is 1. The molecule has 20 heavy (non-hydrogen) atoms. The SMILES string of the molecule is CC1(C)CCN(C(=O)NC(CC(N)=O)C(=O)O)CCS1. The van der Waals surface area contributed by atoms with Crippen LogP contribution < -0.4 is 11.1 Å². The first-order valence-electron chi connectivity index (χ1n) is 6.42. The van der Waals surface area contributed by atoms with Crippen molar-refractivity contribution < 1.29 is 19.5 Å². The van der Waals surface area contributed by atoms with E-state index in [9.17, 15) is 14.4 Å². The predicted molar refractivity (Wildman–Crippen MR) is 76.5 cm³/mol. The molecule has 1 fully saturated rings. The Balaban J connectivity index is 2.60. The number of thioether (sulfide) groups is 1. The van der Waals surface area contributed by atoms with Gasteiger partial charge >= 0.3 is 12.0 Å². The fourth-order valence-corrected chi connectivity index (χ4v) is 2.96. The first kappa shape index (κ1) is 16.6. The summed E-state index contributed by atoms with van der Waals surface area (Å²) in [6.45, 7) is 5.36. The predicted octanol–water partition coefficient (Wildman–Crippen LogP) is 0.242. The lowest BCUT2D eigenvalue weighted by Gasteiger charge is -2.24. The first-order chi connectivity index (χ1) is 9.21. The second kappa shape index (κ2) is 6.83. The fraction of sp³-hybridized carbons (Fsp3) is 0.750. The number of carboxylic acids is 1. The van der Waals surface area contributed by atoms with Gasteiger partial charge in [-0.3, -0.25) is 4.79 Å². The molecule has 4 N–H and O–H groups in total. The molecule has 0 aromatic carbocycles. The Hall–Kier alpha value is -1.44. The summed E-state index contributed by atoms with van der Waals surface area (Å²) < 4.78 is 0.106. The second-order valence-electron chi connectivity index (χ2n) is 5.36. The van der Waals surface area contributed by atoms with Gasteiger partial charge in [-0.1, -0.05) is 13.8 Å². The minimum absolute atomic E-state index is 0.106. The van der Waals surface area contributed by atoms with Crippen molar-refractivity contribution in [3.8, 4) is 0 Å². The monoisotopic (exact) mass is 303 g/mol. The number of carboxylic acid groups (broad SMARTS) is 1. The molecule has 114 valence electrons. The van der Waals surface area contributed by atoms with Crippen LogP contribution in [0.2, 0.25) is 0 Å². The van der Waals surface area contributed by atoms with E-state index in [2.05, 4.69) is 19.2 Å². The maximum absolute atomic E-state index is 12.0. The number of nitrogens with two attached hydrogens (primary N) is 1. The van der Waals surface area contributed by atoms with E-state index >= 15 is 0 Å². The summed E-state index contributed by atoms with van der Waals surface area (Å²) in [6.07, 6.45) is 0.424. The number of aliphatic carboxylic acids is 1. The van der Waals surface area contributed by atoms with Crippen LogP contribution in [0.3, 0.4) is 0 Å². The fourth-order valence-electron chi connectivity index (χ4n) is 1.86. The van der Waals surface area contributed by atoms with E-state index in [4.69, 9.17) is 10.8 Å². The number of hydrogen-bond donors (Lipinski definition) is 3. The highest BCUT2D eigenvalue weighted by Crippen LogP contribution is 2.30. The molecule has 0 radical (unpaired) electrons. The van der Waals surface area contributed by atoms with Crippen LogP contribution in [0.25, 0.3) is 0 Å². The average molecular weight is 303 g/mol. The molecule has 7 nitrogen and oxygen atoms in total. The molecule has 1 aliphatic rings. The van der Waals surface area contributed by atoms with Crippen LogP contribution in [0.1, 0.15) is 26.7 Å². The van der Waals surface area contributed by atoms with Gasteiger partial charge in [0.15, 0.2) is 0 Å². The zero-order valence-corrected chi connectivity index (χ0v) is 12.5. The number of rotatable bonds is 4. The van der Waals surface area contributed by atoms with Crippen LogP contribution in [0.4, 0.5) is 4.79 Å². The van der Waals surface area contributed by atoms with Gasteiger partial charge in [0.05, 0.1) is 6.42 Å². The lowest BCUT2D eigenvalue weighted by atomic mass is 10.1. The van der Waals surface area contributed by atoms with Crippen LogP contribution in [0.15, 0.2) is 0 Å². The lowest BCUT2D eigenvalue weighted by molar-refractivity contribution is -0.140. The number of amides is 3. The number of carbonyl (C=O) groups excluding carboxylic acids is 2. The summed E-state index contributed by atoms with van der Waals surface area (Å²) in [5, 5.41) is 11.3. The highest BCUT2D eigenvalue weighted by atomic mass is 32.2. The molecule has 0 bridgehead atoms. The minimum atomic E-state index is -1.27. The Bertz CT molecular complexity index is 400. The van der Waals surface area contributed by atoms with E-state index in [1.807, 2.05) is 0 Å². The molecular weight excluding hydrogens is 282 g/mol. The van der Waals surface area contributed by atoms with E-state index in [1.54, 1.807) is 16.7 Å². The van der Waals surface area contributed by atoms with Crippen molar-refractivity contribution in [3.63, 3.8) is 0 Å². The number of carbonyl (C=O) groups is 3. The quantitative estimate of drug-likeness (QED) is 0.688. The zero-order chi connectivity index (χ0) is 15.3. The summed E-state index contributed by atoms with van der Waals surface area (Å²) in [4.78, 5) is 35.4. The molecule has 0 saturated carbocycles. The number of hydrogen-bond acceptors (Lipinski definition) is 4. The van der Waals surface area contributed by atoms with E-state index < -0.39 is 30.4 Å². The molecule has 0 aromatic heterocycles. The van der Waals surface area contributed by atoms with Crippen molar-refractivity contribution in [1.29, 1.82) is 0 Å².